The standard InChI is InChI=1S/C4H5ClN4O/c5-2-1-8-4(7)9(10)3(2)6/h1,6,10H,(H2,7,8). The molecule has 10 heavy (non-hydrogen) atoms. The summed E-state index contributed by atoms with van der Waals surface area (Å²) in [7, 11) is 0. The van der Waals surface area contributed by atoms with Gasteiger partial charge in [0, 0.05) is 0 Å². The number of nitrogen functional groups attached to an aromatic ring is 1. The molecule has 1 aromatic rings. The maximum absolute atomic E-state index is 8.84. The number of nitrogens with zero attached hydrogens (tertiary/aromatic N) is 2. The summed E-state index contributed by atoms with van der Waals surface area (Å²) < 4.78 is 0.405. The Morgan fingerprint density at radius 1 is 1.80 bits per heavy atom. The van der Waals surface area contributed by atoms with Crippen molar-refractivity contribution in [2.45, 2.75) is 0 Å². The first-order valence-corrected chi connectivity index (χ1v) is 2.77. The molecule has 0 aliphatic rings. The van der Waals surface area contributed by atoms with Crippen molar-refractivity contribution < 1.29 is 5.21 Å². The highest BCUT2D eigenvalue weighted by Gasteiger charge is 1.99. The van der Waals surface area contributed by atoms with Crippen LogP contribution in [0, 0.1) is 5.41 Å². The van der Waals surface area contributed by atoms with Gasteiger partial charge in [0.25, 0.3) is 0 Å². The van der Waals surface area contributed by atoms with Crippen LogP contribution in [0.1, 0.15) is 0 Å². The lowest BCUT2D eigenvalue weighted by molar-refractivity contribution is 0.174. The van der Waals surface area contributed by atoms with Gasteiger partial charge in [-0.3, -0.25) is 5.41 Å². The average Bonchev–Trinajstić information content (AvgIpc) is 1.93. The molecule has 0 fully saturated rings. The number of anilines is 1. The van der Waals surface area contributed by atoms with Gasteiger partial charge in [-0.05, 0) is 0 Å². The largest absolute Gasteiger partial charge is 0.423 e. The van der Waals surface area contributed by atoms with E-state index in [1.165, 1.54) is 6.20 Å². The van der Waals surface area contributed by atoms with Gasteiger partial charge in [-0.2, -0.15) is 0 Å². The molecule has 0 amide bonds. The zero-order chi connectivity index (χ0) is 7.72. The number of rotatable bonds is 0. The molecule has 0 saturated carbocycles. The Morgan fingerprint density at radius 2 is 2.40 bits per heavy atom. The number of halogens is 1. The van der Waals surface area contributed by atoms with Crippen molar-refractivity contribution in [2.75, 3.05) is 5.73 Å². The lowest BCUT2D eigenvalue weighted by Crippen LogP contribution is -2.22. The van der Waals surface area contributed by atoms with Crippen molar-refractivity contribution in [1.29, 1.82) is 5.41 Å². The molecule has 0 saturated heterocycles. The molecule has 0 aromatic carbocycles. The van der Waals surface area contributed by atoms with E-state index < -0.39 is 0 Å². The first kappa shape index (κ1) is 6.88. The molecule has 0 spiro atoms. The maximum Gasteiger partial charge on any atom is 0.236 e. The normalized spacial score (nSPS) is 9.70. The summed E-state index contributed by atoms with van der Waals surface area (Å²) in [6.07, 6.45) is 1.20. The SMILES string of the molecule is N=c1c(Cl)cnc(N)n1O. The van der Waals surface area contributed by atoms with Gasteiger partial charge in [-0.25, -0.2) is 4.98 Å². The van der Waals surface area contributed by atoms with Gasteiger partial charge in [0.15, 0.2) is 5.49 Å². The van der Waals surface area contributed by atoms with Crippen LogP contribution in [-0.4, -0.2) is 14.9 Å². The molecule has 4 N–H and O–H groups in total. The van der Waals surface area contributed by atoms with Crippen LogP contribution in [0.3, 0.4) is 0 Å². The van der Waals surface area contributed by atoms with Crippen molar-refractivity contribution in [3.05, 3.63) is 16.7 Å². The van der Waals surface area contributed by atoms with E-state index in [-0.39, 0.29) is 16.5 Å². The third kappa shape index (κ3) is 0.906. The predicted octanol–water partition coefficient (Wildman–Crippen LogP) is -0.165. The molecule has 1 aromatic heterocycles. The highest BCUT2D eigenvalue weighted by molar-refractivity contribution is 6.30. The Morgan fingerprint density at radius 3 is 2.90 bits per heavy atom. The van der Waals surface area contributed by atoms with Crippen molar-refractivity contribution >= 4 is 17.5 Å². The summed E-state index contributed by atoms with van der Waals surface area (Å²) in [4.78, 5) is 3.48. The van der Waals surface area contributed by atoms with Crippen molar-refractivity contribution in [1.82, 2.24) is 9.71 Å². The molecule has 0 atom stereocenters. The van der Waals surface area contributed by atoms with E-state index in [2.05, 4.69) is 4.98 Å². The van der Waals surface area contributed by atoms with Crippen molar-refractivity contribution in [3.8, 4) is 0 Å². The van der Waals surface area contributed by atoms with E-state index in [1.807, 2.05) is 0 Å². The molecule has 0 radical (unpaired) electrons. The zero-order valence-electron chi connectivity index (χ0n) is 4.87. The quantitative estimate of drug-likeness (QED) is 0.461. The predicted molar refractivity (Wildman–Crippen MR) is 34.7 cm³/mol. The molecule has 1 heterocycles. The molecular formula is C4H5ClN4O. The first-order chi connectivity index (χ1) is 4.63. The maximum atomic E-state index is 8.84. The molecule has 5 nitrogen and oxygen atoms in total. The number of hydrogen-bond donors (Lipinski definition) is 3. The van der Waals surface area contributed by atoms with E-state index in [0.717, 1.165) is 0 Å². The highest BCUT2D eigenvalue weighted by atomic mass is 35.5. The average molecular weight is 161 g/mol. The number of nitrogens with two attached hydrogens (primary N) is 1. The van der Waals surface area contributed by atoms with Gasteiger partial charge in [-0.15, -0.1) is 4.73 Å². The Balaban J connectivity index is 3.50. The van der Waals surface area contributed by atoms with Crippen LogP contribution in [0.5, 0.6) is 0 Å². The first-order valence-electron chi connectivity index (χ1n) is 2.40. The Labute approximate surface area is 61.2 Å². The smallest absolute Gasteiger partial charge is 0.236 e. The minimum Gasteiger partial charge on any atom is -0.423 e. The van der Waals surface area contributed by atoms with Crippen molar-refractivity contribution in [3.63, 3.8) is 0 Å². The highest BCUT2D eigenvalue weighted by Crippen LogP contribution is 1.98. The molecule has 0 bridgehead atoms. The zero-order valence-corrected chi connectivity index (χ0v) is 5.63. The second-order valence-electron chi connectivity index (χ2n) is 1.62. The fraction of sp³-hybridized carbons (Fsp3) is 0. The van der Waals surface area contributed by atoms with Crippen LogP contribution in [0.25, 0.3) is 0 Å². The Bertz CT molecular complexity index is 307. The minimum atomic E-state index is -0.269. The monoisotopic (exact) mass is 160 g/mol. The van der Waals surface area contributed by atoms with Gasteiger partial charge >= 0.3 is 0 Å². The Kier molecular flexibility index (Phi) is 1.50. The number of hydrogen-bond acceptors (Lipinski definition) is 4. The molecule has 6 heteroatoms. The molecule has 0 aliphatic carbocycles. The fourth-order valence-electron chi connectivity index (χ4n) is 0.454. The lowest BCUT2D eigenvalue weighted by atomic mass is 10.6. The Hall–Kier alpha value is -1.23. The second kappa shape index (κ2) is 2.18. The van der Waals surface area contributed by atoms with Crippen LogP contribution in [0.4, 0.5) is 5.95 Å². The van der Waals surface area contributed by atoms with Gasteiger partial charge in [-0.1, -0.05) is 11.6 Å². The lowest BCUT2D eigenvalue weighted by Gasteiger charge is -1.99. The summed E-state index contributed by atoms with van der Waals surface area (Å²) >= 11 is 5.40. The van der Waals surface area contributed by atoms with E-state index in [9.17, 15) is 0 Å². The molecular weight excluding hydrogens is 156 g/mol. The topological polar surface area (TPSA) is 87.9 Å². The van der Waals surface area contributed by atoms with E-state index >= 15 is 0 Å². The van der Waals surface area contributed by atoms with E-state index in [1.54, 1.807) is 0 Å². The van der Waals surface area contributed by atoms with Crippen LogP contribution in [0.2, 0.25) is 5.02 Å². The second-order valence-corrected chi connectivity index (χ2v) is 2.03. The summed E-state index contributed by atoms with van der Waals surface area (Å²) in [6.45, 7) is 0. The van der Waals surface area contributed by atoms with Gasteiger partial charge in [0.05, 0.1) is 6.20 Å². The third-order valence-corrected chi connectivity index (χ3v) is 1.24. The van der Waals surface area contributed by atoms with Gasteiger partial charge < -0.3 is 10.9 Å². The van der Waals surface area contributed by atoms with Crippen LogP contribution in [0.15, 0.2) is 6.20 Å². The van der Waals surface area contributed by atoms with Crippen LogP contribution in [-0.2, 0) is 0 Å². The van der Waals surface area contributed by atoms with Crippen LogP contribution >= 0.6 is 11.6 Å². The third-order valence-electron chi connectivity index (χ3n) is 0.965. The summed E-state index contributed by atoms with van der Waals surface area (Å²) in [5, 5.41) is 15.9. The molecule has 0 aliphatic heterocycles. The van der Waals surface area contributed by atoms with Crippen LogP contribution < -0.4 is 11.2 Å². The van der Waals surface area contributed by atoms with Gasteiger partial charge in [0.1, 0.15) is 5.02 Å². The molecule has 1 rings (SSSR count). The number of nitrogens with one attached hydrogen (secondary N) is 1. The summed E-state index contributed by atoms with van der Waals surface area (Å²) in [5.41, 5.74) is 4.84. The minimum absolute atomic E-state index is 0.0525. The van der Waals surface area contributed by atoms with E-state index in [4.69, 9.17) is 28.0 Å². The van der Waals surface area contributed by atoms with E-state index in [0.29, 0.717) is 4.73 Å². The van der Waals surface area contributed by atoms with Crippen molar-refractivity contribution in [2.24, 2.45) is 0 Å². The number of aromatic nitrogens is 2. The summed E-state index contributed by atoms with van der Waals surface area (Å²) in [6, 6.07) is 0. The van der Waals surface area contributed by atoms with Gasteiger partial charge in [0.2, 0.25) is 5.95 Å². The molecule has 54 valence electrons. The fourth-order valence-corrected chi connectivity index (χ4v) is 0.583. The summed E-state index contributed by atoms with van der Waals surface area (Å²) in [5.74, 6) is -0.158. The molecule has 0 unspecified atom stereocenters.